The van der Waals surface area contributed by atoms with Crippen molar-refractivity contribution in [2.75, 3.05) is 18.4 Å². The Morgan fingerprint density at radius 3 is 2.13 bits per heavy atom. The number of halogens is 2. The van der Waals surface area contributed by atoms with E-state index in [-0.39, 0.29) is 29.2 Å². The van der Waals surface area contributed by atoms with Gasteiger partial charge in [0.25, 0.3) is 5.91 Å². The summed E-state index contributed by atoms with van der Waals surface area (Å²) in [6, 6.07) is 14.7. The van der Waals surface area contributed by atoms with Crippen molar-refractivity contribution in [3.05, 3.63) is 75.4 Å². The van der Waals surface area contributed by atoms with Gasteiger partial charge in [0.05, 0.1) is 21.4 Å². The standard InChI is InChI=1S/C31H40Cl2N4O2/c1-8-9-10-17-36(29(39)21-11-13-22(14-12-21)30(2,3)4)20-28(38)34-27-19-26(31(5,6)7)35-37(27)23-15-16-24(32)25(33)18-23/h11-16,18-19H,8-10,17,20H2,1-7H3,(H,34,38). The minimum atomic E-state index is -0.298. The molecule has 0 atom stereocenters. The molecular formula is C31H40Cl2N4O2. The van der Waals surface area contributed by atoms with Gasteiger partial charge in [-0.15, -0.1) is 0 Å². The maximum atomic E-state index is 13.5. The molecule has 1 aromatic heterocycles. The summed E-state index contributed by atoms with van der Waals surface area (Å²) >= 11 is 12.4. The molecule has 1 N–H and O–H groups in total. The Morgan fingerprint density at radius 2 is 1.56 bits per heavy atom. The van der Waals surface area contributed by atoms with Crippen LogP contribution in [-0.4, -0.2) is 39.6 Å². The second kappa shape index (κ2) is 12.6. The van der Waals surface area contributed by atoms with Crippen molar-refractivity contribution in [3.63, 3.8) is 0 Å². The van der Waals surface area contributed by atoms with Crippen LogP contribution in [0, 0.1) is 0 Å². The van der Waals surface area contributed by atoms with Crippen molar-refractivity contribution in [2.24, 2.45) is 0 Å². The molecule has 0 spiro atoms. The third-order valence-corrected chi connectivity index (χ3v) is 7.28. The van der Waals surface area contributed by atoms with Crippen molar-refractivity contribution in [2.45, 2.75) is 78.6 Å². The summed E-state index contributed by atoms with van der Waals surface area (Å²) in [4.78, 5) is 28.5. The summed E-state index contributed by atoms with van der Waals surface area (Å²) in [7, 11) is 0. The van der Waals surface area contributed by atoms with Crippen LogP contribution in [-0.2, 0) is 15.6 Å². The Balaban J connectivity index is 1.86. The van der Waals surface area contributed by atoms with Gasteiger partial charge in [-0.3, -0.25) is 9.59 Å². The number of benzene rings is 2. The minimum absolute atomic E-state index is 0.00848. The Labute approximate surface area is 242 Å². The molecule has 0 radical (unpaired) electrons. The smallest absolute Gasteiger partial charge is 0.254 e. The summed E-state index contributed by atoms with van der Waals surface area (Å²) in [5.41, 5.74) is 2.94. The van der Waals surface area contributed by atoms with Crippen LogP contribution in [0.1, 0.15) is 89.3 Å². The van der Waals surface area contributed by atoms with Crippen LogP contribution < -0.4 is 5.32 Å². The molecule has 3 aromatic rings. The molecule has 210 valence electrons. The van der Waals surface area contributed by atoms with Crippen LogP contribution in [0.4, 0.5) is 5.82 Å². The van der Waals surface area contributed by atoms with Crippen LogP contribution in [0.15, 0.2) is 48.5 Å². The van der Waals surface area contributed by atoms with Crippen molar-refractivity contribution in [1.29, 1.82) is 0 Å². The van der Waals surface area contributed by atoms with Gasteiger partial charge in [0.15, 0.2) is 0 Å². The number of carbonyl (C=O) groups is 2. The third kappa shape index (κ3) is 8.09. The fraction of sp³-hybridized carbons (Fsp3) is 0.452. The molecule has 39 heavy (non-hydrogen) atoms. The monoisotopic (exact) mass is 570 g/mol. The number of nitrogens with one attached hydrogen (secondary N) is 1. The van der Waals surface area contributed by atoms with Crippen LogP contribution in [0.25, 0.3) is 5.69 Å². The molecule has 0 aliphatic carbocycles. The van der Waals surface area contributed by atoms with E-state index < -0.39 is 0 Å². The fourth-order valence-electron chi connectivity index (χ4n) is 4.11. The number of carbonyl (C=O) groups excluding carboxylic acids is 2. The summed E-state index contributed by atoms with van der Waals surface area (Å²) in [5, 5.41) is 8.56. The molecule has 0 aliphatic rings. The van der Waals surface area contributed by atoms with Gasteiger partial charge in [0.1, 0.15) is 12.4 Å². The number of rotatable bonds is 9. The topological polar surface area (TPSA) is 67.2 Å². The summed E-state index contributed by atoms with van der Waals surface area (Å²) in [5.74, 6) is 0.0433. The number of amides is 2. The number of unbranched alkanes of at least 4 members (excludes halogenated alkanes) is 2. The number of nitrogens with zero attached hydrogens (tertiary/aromatic N) is 3. The molecule has 0 aliphatic heterocycles. The lowest BCUT2D eigenvalue weighted by Crippen LogP contribution is -2.39. The first kappa shape index (κ1) is 30.7. The van der Waals surface area contributed by atoms with Crippen molar-refractivity contribution in [1.82, 2.24) is 14.7 Å². The van der Waals surface area contributed by atoms with Crippen molar-refractivity contribution < 1.29 is 9.59 Å². The average Bonchev–Trinajstić information content (AvgIpc) is 3.28. The van der Waals surface area contributed by atoms with Gasteiger partial charge in [-0.1, -0.05) is 96.6 Å². The Bertz CT molecular complexity index is 1300. The van der Waals surface area contributed by atoms with E-state index >= 15 is 0 Å². The van der Waals surface area contributed by atoms with E-state index in [1.807, 2.05) is 30.3 Å². The van der Waals surface area contributed by atoms with Gasteiger partial charge in [-0.2, -0.15) is 5.10 Å². The number of anilines is 1. The van der Waals surface area contributed by atoms with E-state index in [9.17, 15) is 9.59 Å². The summed E-state index contributed by atoms with van der Waals surface area (Å²) in [6.07, 6.45) is 2.82. The van der Waals surface area contributed by atoms with E-state index in [4.69, 9.17) is 28.3 Å². The second-order valence-electron chi connectivity index (χ2n) is 12.0. The van der Waals surface area contributed by atoms with Gasteiger partial charge in [0.2, 0.25) is 5.91 Å². The van der Waals surface area contributed by atoms with Gasteiger partial charge >= 0.3 is 0 Å². The van der Waals surface area contributed by atoms with Crippen LogP contribution >= 0.6 is 23.2 Å². The molecule has 0 unspecified atom stereocenters. The van der Waals surface area contributed by atoms with E-state index in [2.05, 4.69) is 53.8 Å². The van der Waals surface area contributed by atoms with E-state index in [0.717, 1.165) is 30.5 Å². The molecular weight excluding hydrogens is 531 g/mol. The molecule has 0 fully saturated rings. The highest BCUT2D eigenvalue weighted by Gasteiger charge is 2.24. The van der Waals surface area contributed by atoms with Crippen molar-refractivity contribution in [3.8, 4) is 5.69 Å². The number of aromatic nitrogens is 2. The second-order valence-corrected chi connectivity index (χ2v) is 12.8. The van der Waals surface area contributed by atoms with Crippen LogP contribution in [0.2, 0.25) is 10.0 Å². The first-order chi connectivity index (χ1) is 18.2. The largest absolute Gasteiger partial charge is 0.329 e. The van der Waals surface area contributed by atoms with Crippen LogP contribution in [0.5, 0.6) is 0 Å². The molecule has 6 nitrogen and oxygen atoms in total. The first-order valence-electron chi connectivity index (χ1n) is 13.5. The Morgan fingerprint density at radius 1 is 0.897 bits per heavy atom. The lowest BCUT2D eigenvalue weighted by Gasteiger charge is -2.23. The summed E-state index contributed by atoms with van der Waals surface area (Å²) < 4.78 is 1.65. The predicted molar refractivity (Wildman–Crippen MR) is 161 cm³/mol. The van der Waals surface area contributed by atoms with Gasteiger partial charge in [-0.05, 0) is 47.7 Å². The summed E-state index contributed by atoms with van der Waals surface area (Å²) in [6.45, 7) is 15.1. The minimum Gasteiger partial charge on any atom is -0.329 e. The molecule has 8 heteroatoms. The van der Waals surface area contributed by atoms with Gasteiger partial charge < -0.3 is 10.2 Å². The highest BCUT2D eigenvalue weighted by Crippen LogP contribution is 2.29. The van der Waals surface area contributed by atoms with Gasteiger partial charge in [0, 0.05) is 23.6 Å². The Kier molecular flexibility index (Phi) is 9.89. The van der Waals surface area contributed by atoms with Crippen LogP contribution in [0.3, 0.4) is 0 Å². The number of hydrogen-bond donors (Lipinski definition) is 1. The first-order valence-corrected chi connectivity index (χ1v) is 14.2. The van der Waals surface area contributed by atoms with Crippen molar-refractivity contribution >= 4 is 40.8 Å². The van der Waals surface area contributed by atoms with E-state index in [1.165, 1.54) is 0 Å². The molecule has 3 rings (SSSR count). The molecule has 2 aromatic carbocycles. The highest BCUT2D eigenvalue weighted by molar-refractivity contribution is 6.42. The van der Waals surface area contributed by atoms with E-state index in [0.29, 0.717) is 33.7 Å². The molecule has 1 heterocycles. The zero-order valence-corrected chi connectivity index (χ0v) is 25.6. The maximum absolute atomic E-state index is 13.5. The molecule has 0 bridgehead atoms. The lowest BCUT2D eigenvalue weighted by molar-refractivity contribution is -0.117. The highest BCUT2D eigenvalue weighted by atomic mass is 35.5. The zero-order chi connectivity index (χ0) is 29.0. The predicted octanol–water partition coefficient (Wildman–Crippen LogP) is 8.05. The zero-order valence-electron chi connectivity index (χ0n) is 24.1. The fourth-order valence-corrected chi connectivity index (χ4v) is 4.40. The molecule has 0 saturated carbocycles. The lowest BCUT2D eigenvalue weighted by atomic mass is 9.86. The van der Waals surface area contributed by atoms with E-state index in [1.54, 1.807) is 27.8 Å². The maximum Gasteiger partial charge on any atom is 0.254 e. The average molecular weight is 572 g/mol. The number of hydrogen-bond acceptors (Lipinski definition) is 3. The molecule has 2 amide bonds. The van der Waals surface area contributed by atoms with Gasteiger partial charge in [-0.25, -0.2) is 4.68 Å². The molecule has 0 saturated heterocycles. The SMILES string of the molecule is CCCCCN(CC(=O)Nc1cc(C(C)(C)C)nn1-c1ccc(Cl)c(Cl)c1)C(=O)c1ccc(C(C)(C)C)cc1. The quantitative estimate of drug-likeness (QED) is 0.264. The third-order valence-electron chi connectivity index (χ3n) is 6.54. The normalized spacial score (nSPS) is 11.9. The Hall–Kier alpha value is -2.83.